The number of hydrogen-bond donors (Lipinski definition) is 11. The number of esters is 3. The number of carbonyl (C=O) groups excluding carboxylic acids is 3. The van der Waals surface area contributed by atoms with E-state index in [0.717, 1.165) is 135 Å². The van der Waals surface area contributed by atoms with Crippen LogP contribution in [0.25, 0.3) is 0 Å². The number of ether oxygens (including phenoxy) is 7. The molecule has 11 N–H and O–H groups in total. The van der Waals surface area contributed by atoms with Gasteiger partial charge < -0.3 is 89.1 Å². The zero-order valence-electron chi connectivity index (χ0n) is 62.1. The molecule has 2 aliphatic heterocycles. The second kappa shape index (κ2) is 56.7. The quantitative estimate of drug-likeness (QED) is 0.00886. The molecule has 3 rings (SSSR count). The number of phosphoric acid groups is 1. The Morgan fingerprint density at radius 2 is 0.752 bits per heavy atom. The largest absolute Gasteiger partial charge is 0.472 e. The summed E-state index contributed by atoms with van der Waals surface area (Å²) in [6.45, 7) is 5.76. The van der Waals surface area contributed by atoms with Crippen molar-refractivity contribution in [3.8, 4) is 0 Å². The highest BCUT2D eigenvalue weighted by atomic mass is 31.2. The van der Waals surface area contributed by atoms with Crippen LogP contribution in [-0.2, 0) is 61.2 Å². The molecule has 0 spiro atoms. The van der Waals surface area contributed by atoms with Gasteiger partial charge in [0.15, 0.2) is 18.7 Å². The Morgan fingerprint density at radius 1 is 0.406 bits per heavy atom. The van der Waals surface area contributed by atoms with Gasteiger partial charge in [-0.05, 0) is 76.5 Å². The first kappa shape index (κ1) is 92.6. The lowest BCUT2D eigenvalue weighted by Gasteiger charge is -2.49. The highest BCUT2D eigenvalue weighted by molar-refractivity contribution is 7.47. The first-order valence-electron chi connectivity index (χ1n) is 39.5. The van der Waals surface area contributed by atoms with Gasteiger partial charge in [0.2, 0.25) is 0 Å². The Balaban J connectivity index is 1.73. The van der Waals surface area contributed by atoms with Gasteiger partial charge in [-0.1, -0.05) is 238 Å². The van der Waals surface area contributed by atoms with Crippen LogP contribution >= 0.6 is 7.82 Å². The van der Waals surface area contributed by atoms with Crippen LogP contribution in [0.1, 0.15) is 304 Å². The summed E-state index contributed by atoms with van der Waals surface area (Å²) in [5, 5.41) is 110. The molecule has 0 amide bonds. The van der Waals surface area contributed by atoms with Crippen molar-refractivity contribution >= 4 is 25.7 Å². The number of carbonyl (C=O) groups is 3. The molecule has 0 radical (unpaired) electrons. The molecule has 0 aromatic carbocycles. The topological polar surface area (TPSA) is 374 Å². The van der Waals surface area contributed by atoms with Crippen LogP contribution in [0.3, 0.4) is 0 Å². The van der Waals surface area contributed by atoms with Crippen LogP contribution < -0.4 is 0 Å². The van der Waals surface area contributed by atoms with E-state index >= 15 is 0 Å². The van der Waals surface area contributed by atoms with E-state index in [0.29, 0.717) is 25.2 Å². The minimum atomic E-state index is -5.70. The fourth-order valence-electron chi connectivity index (χ4n) is 13.1. The molecule has 0 aromatic rings. The molecule has 0 bridgehead atoms. The summed E-state index contributed by atoms with van der Waals surface area (Å²) in [5.41, 5.74) is 0. The highest BCUT2D eigenvalue weighted by Gasteiger charge is 2.58. The van der Waals surface area contributed by atoms with E-state index in [2.05, 4.69) is 52.0 Å². The molecule has 0 aromatic heterocycles. The van der Waals surface area contributed by atoms with Gasteiger partial charge in [0.1, 0.15) is 98.7 Å². The number of hydrogen-bond acceptors (Lipinski definition) is 23. The third-order valence-electron chi connectivity index (χ3n) is 19.6. The Kier molecular flexibility index (Phi) is 52.0. The molecule has 2 heterocycles. The number of aliphatic hydroxyl groups excluding tert-OH is 10. The predicted molar refractivity (Wildman–Crippen MR) is 384 cm³/mol. The average Bonchev–Trinajstić information content (AvgIpc) is 0.760. The monoisotopic (exact) mass is 1470 g/mol. The van der Waals surface area contributed by atoms with Crippen molar-refractivity contribution in [3.63, 3.8) is 0 Å². The molecular formula is C76H139O24P. The van der Waals surface area contributed by atoms with Crippen LogP contribution in [0.15, 0.2) is 24.3 Å². The number of allylic oxidation sites excluding steroid dienone is 4. The Labute approximate surface area is 605 Å². The van der Waals surface area contributed by atoms with E-state index in [4.69, 9.17) is 42.2 Å². The van der Waals surface area contributed by atoms with Crippen LogP contribution in [0.2, 0.25) is 0 Å². The van der Waals surface area contributed by atoms with Crippen LogP contribution in [0.4, 0.5) is 0 Å². The number of phosphoric ester groups is 1. The molecule has 1 aliphatic carbocycles. The van der Waals surface area contributed by atoms with Crippen LogP contribution in [0.5, 0.6) is 0 Å². The van der Waals surface area contributed by atoms with E-state index in [9.17, 15) is 74.9 Å². The molecular weight excluding hydrogens is 1330 g/mol. The van der Waals surface area contributed by atoms with Crippen molar-refractivity contribution in [2.24, 2.45) is 5.92 Å². The summed E-state index contributed by atoms with van der Waals surface area (Å²) in [4.78, 5) is 51.1. The standard InChI is InChI=1S/C76H139O24P/c1-5-8-11-14-17-19-21-23-25-27-29-31-33-39-45-50-61(79)93-55-59-64(82)66(84)71(89)76(97-59)99-73-69(87)67(85)68(86)72(98-75-70(88)65(83)63(81)58(52-77)96-75)74(73)100-101(90,91)94-54-57(95-62(80)51-46-41-34-32-30-28-26-24-22-20-18-15-12-9-6-2)53-92-60(78)49-44-40-36-35-38-43-48-56(4)47-42-37-16-13-10-7-3/h19-22,56-59,63-77,81-89H,5-18,23-55H2,1-4H3,(H,90,91)/b21-19-,22-20-. The van der Waals surface area contributed by atoms with Crippen molar-refractivity contribution in [2.75, 3.05) is 26.4 Å². The van der Waals surface area contributed by atoms with Gasteiger partial charge in [0.05, 0.1) is 13.2 Å². The third kappa shape index (κ3) is 39.7. The smallest absolute Gasteiger partial charge is 0.463 e. The third-order valence-corrected chi connectivity index (χ3v) is 20.6. The fourth-order valence-corrected chi connectivity index (χ4v) is 14.0. The number of rotatable bonds is 61. The minimum absolute atomic E-state index is 0.0231. The summed E-state index contributed by atoms with van der Waals surface area (Å²) in [6.07, 6.45) is 16.5. The van der Waals surface area contributed by atoms with E-state index in [1.165, 1.54) is 103 Å². The number of aliphatic hydroxyl groups is 10. The summed E-state index contributed by atoms with van der Waals surface area (Å²) in [6, 6.07) is 0. The van der Waals surface area contributed by atoms with E-state index in [1.54, 1.807) is 0 Å². The minimum Gasteiger partial charge on any atom is -0.463 e. The summed E-state index contributed by atoms with van der Waals surface area (Å²) in [7, 11) is -5.70. The summed E-state index contributed by atoms with van der Waals surface area (Å²) >= 11 is 0. The van der Waals surface area contributed by atoms with Gasteiger partial charge in [-0.3, -0.25) is 23.4 Å². The second-order valence-electron chi connectivity index (χ2n) is 28.7. The predicted octanol–water partition coefficient (Wildman–Crippen LogP) is 11.5. The number of unbranched alkanes of at least 4 members (excludes halogenated alkanes) is 32. The Hall–Kier alpha value is -2.56. The Morgan fingerprint density at radius 3 is 1.18 bits per heavy atom. The molecule has 3 fully saturated rings. The maximum atomic E-state index is 14.4. The maximum absolute atomic E-state index is 14.4. The summed E-state index contributed by atoms with van der Waals surface area (Å²) < 4.78 is 65.2. The molecule has 101 heavy (non-hydrogen) atoms. The van der Waals surface area contributed by atoms with Crippen LogP contribution in [0, 0.1) is 5.92 Å². The van der Waals surface area contributed by atoms with E-state index in [-0.39, 0.29) is 19.3 Å². The van der Waals surface area contributed by atoms with Gasteiger partial charge in [0.25, 0.3) is 0 Å². The molecule has 592 valence electrons. The van der Waals surface area contributed by atoms with Crippen molar-refractivity contribution < 1.29 is 117 Å². The van der Waals surface area contributed by atoms with Crippen molar-refractivity contribution in [3.05, 3.63) is 24.3 Å². The molecule has 3 aliphatic rings. The lowest BCUT2D eigenvalue weighted by atomic mass is 9.84. The molecule has 25 heteroatoms. The first-order valence-corrected chi connectivity index (χ1v) is 41.0. The van der Waals surface area contributed by atoms with Gasteiger partial charge >= 0.3 is 25.7 Å². The van der Waals surface area contributed by atoms with Gasteiger partial charge in [0, 0.05) is 19.3 Å². The lowest BCUT2D eigenvalue weighted by Crippen LogP contribution is -2.69. The van der Waals surface area contributed by atoms with E-state index in [1.807, 2.05) is 0 Å². The molecule has 19 unspecified atom stereocenters. The summed E-state index contributed by atoms with van der Waals surface area (Å²) in [5.74, 6) is -1.30. The second-order valence-corrected chi connectivity index (χ2v) is 30.1. The zero-order valence-corrected chi connectivity index (χ0v) is 63.0. The van der Waals surface area contributed by atoms with Crippen LogP contribution in [-0.4, -0.2) is 204 Å². The SMILES string of the molecule is CCCCCC/C=C\CCCCCCCCCC(=O)OCC1OC(OC2C(O)C(O)C(O)C(OC3OC(CO)C(O)C(O)C3O)C2OP(=O)(O)OCC(COC(=O)CCCCCCCCC(C)CCCCCCCC)OC(=O)CCCCCCCCC/C=C\CCCCCC)C(O)C(O)C1O. The van der Waals surface area contributed by atoms with E-state index < -0.39 is 156 Å². The molecule has 2 saturated heterocycles. The van der Waals surface area contributed by atoms with Crippen molar-refractivity contribution in [1.82, 2.24) is 0 Å². The molecule has 1 saturated carbocycles. The van der Waals surface area contributed by atoms with Crippen molar-refractivity contribution in [2.45, 2.75) is 408 Å². The van der Waals surface area contributed by atoms with Gasteiger partial charge in [-0.15, -0.1) is 0 Å². The zero-order chi connectivity index (χ0) is 74.1. The maximum Gasteiger partial charge on any atom is 0.472 e. The molecule has 19 atom stereocenters. The van der Waals surface area contributed by atoms with Crippen molar-refractivity contribution in [1.29, 1.82) is 0 Å². The first-order chi connectivity index (χ1) is 48.7. The molecule has 24 nitrogen and oxygen atoms in total. The average molecular weight is 1470 g/mol. The Bertz CT molecular complexity index is 2190. The normalized spacial score (nSPS) is 27.6. The highest BCUT2D eigenvalue weighted by Crippen LogP contribution is 2.49. The van der Waals surface area contributed by atoms with Gasteiger partial charge in [-0.2, -0.15) is 0 Å². The lowest BCUT2D eigenvalue weighted by molar-refractivity contribution is -0.360. The van der Waals surface area contributed by atoms with Gasteiger partial charge in [-0.25, -0.2) is 4.57 Å². The fraction of sp³-hybridized carbons (Fsp3) is 0.908.